The van der Waals surface area contributed by atoms with Crippen molar-refractivity contribution < 1.29 is 4.79 Å². The number of ketones is 1. The SMILES string of the molecule is CC(=O)c1cccc(C2(c3ccccn3)C3=C(C=CCC3)c3ccccc32)c1. The first-order chi connectivity index (χ1) is 13.7. The summed E-state index contributed by atoms with van der Waals surface area (Å²) in [6.45, 7) is 1.63. The van der Waals surface area contributed by atoms with E-state index in [4.69, 9.17) is 4.98 Å². The third-order valence-electron chi connectivity index (χ3n) is 6.00. The van der Waals surface area contributed by atoms with Crippen LogP contribution in [-0.2, 0) is 5.41 Å². The van der Waals surface area contributed by atoms with E-state index in [-0.39, 0.29) is 5.78 Å². The second-order valence-corrected chi connectivity index (χ2v) is 7.48. The minimum Gasteiger partial charge on any atom is -0.295 e. The van der Waals surface area contributed by atoms with Gasteiger partial charge in [-0.05, 0) is 65.8 Å². The monoisotopic (exact) mass is 363 g/mol. The van der Waals surface area contributed by atoms with Gasteiger partial charge >= 0.3 is 0 Å². The molecule has 3 aromatic rings. The highest BCUT2D eigenvalue weighted by molar-refractivity contribution is 5.95. The molecule has 0 amide bonds. The van der Waals surface area contributed by atoms with Gasteiger partial charge in [-0.3, -0.25) is 9.78 Å². The quantitative estimate of drug-likeness (QED) is 0.556. The number of allylic oxidation sites excluding steroid dienone is 4. The molecule has 1 aromatic heterocycles. The van der Waals surface area contributed by atoms with E-state index in [0.717, 1.165) is 29.7 Å². The molecule has 2 aliphatic carbocycles. The van der Waals surface area contributed by atoms with Gasteiger partial charge in [-0.1, -0.05) is 60.7 Å². The summed E-state index contributed by atoms with van der Waals surface area (Å²) in [5.74, 6) is 0.0852. The Bertz CT molecular complexity index is 1140. The molecule has 2 aromatic carbocycles. The van der Waals surface area contributed by atoms with Crippen molar-refractivity contribution in [2.45, 2.75) is 25.2 Å². The standard InChI is InChI=1S/C26H21NO/c1-18(28)19-9-8-10-20(17-19)26(25-15-6-7-16-27-25)23-13-4-2-11-21(23)22-12-3-5-14-24(22)26/h2-4,6-13,15-17H,5,14H2,1H3. The Morgan fingerprint density at radius 2 is 1.86 bits per heavy atom. The second-order valence-electron chi connectivity index (χ2n) is 7.48. The van der Waals surface area contributed by atoms with Crippen molar-refractivity contribution in [1.82, 2.24) is 4.98 Å². The first-order valence-corrected chi connectivity index (χ1v) is 9.76. The van der Waals surface area contributed by atoms with Gasteiger partial charge in [-0.2, -0.15) is 0 Å². The fraction of sp³-hybridized carbons (Fsp3) is 0.154. The number of Topliss-reactive ketones (excluding diaryl/α,β-unsaturated/α-hetero) is 1. The fourth-order valence-corrected chi connectivity index (χ4v) is 4.84. The molecule has 2 nitrogen and oxygen atoms in total. The van der Waals surface area contributed by atoms with E-state index in [9.17, 15) is 4.79 Å². The van der Waals surface area contributed by atoms with Crippen molar-refractivity contribution in [1.29, 1.82) is 0 Å². The van der Waals surface area contributed by atoms with Gasteiger partial charge in [0.05, 0.1) is 11.1 Å². The molecule has 2 aliphatic rings. The number of pyridine rings is 1. The van der Waals surface area contributed by atoms with Crippen molar-refractivity contribution in [3.63, 3.8) is 0 Å². The van der Waals surface area contributed by atoms with Crippen LogP contribution in [0.5, 0.6) is 0 Å². The van der Waals surface area contributed by atoms with Crippen LogP contribution in [0.4, 0.5) is 0 Å². The number of benzene rings is 2. The highest BCUT2D eigenvalue weighted by Gasteiger charge is 2.48. The van der Waals surface area contributed by atoms with Crippen molar-refractivity contribution in [2.75, 3.05) is 0 Å². The van der Waals surface area contributed by atoms with E-state index in [0.29, 0.717) is 0 Å². The minimum absolute atomic E-state index is 0.0852. The summed E-state index contributed by atoms with van der Waals surface area (Å²) < 4.78 is 0. The number of hydrogen-bond donors (Lipinski definition) is 0. The van der Waals surface area contributed by atoms with Gasteiger partial charge in [-0.15, -0.1) is 0 Å². The maximum atomic E-state index is 12.1. The molecule has 0 saturated heterocycles. The number of hydrogen-bond acceptors (Lipinski definition) is 2. The lowest BCUT2D eigenvalue weighted by Gasteiger charge is -2.35. The zero-order valence-electron chi connectivity index (χ0n) is 15.9. The lowest BCUT2D eigenvalue weighted by molar-refractivity contribution is 0.101. The normalized spacial score (nSPS) is 20.0. The summed E-state index contributed by atoms with van der Waals surface area (Å²) in [6.07, 6.45) is 8.40. The largest absolute Gasteiger partial charge is 0.295 e. The van der Waals surface area contributed by atoms with Gasteiger partial charge < -0.3 is 0 Å². The summed E-state index contributed by atoms with van der Waals surface area (Å²) in [4.78, 5) is 17.0. The fourth-order valence-electron chi connectivity index (χ4n) is 4.84. The van der Waals surface area contributed by atoms with Gasteiger partial charge in [0.15, 0.2) is 5.78 Å². The molecule has 136 valence electrons. The molecule has 0 N–H and O–H groups in total. The van der Waals surface area contributed by atoms with E-state index in [2.05, 4.69) is 60.7 Å². The van der Waals surface area contributed by atoms with E-state index in [1.54, 1.807) is 6.92 Å². The first-order valence-electron chi connectivity index (χ1n) is 9.76. The summed E-state index contributed by atoms with van der Waals surface area (Å²) >= 11 is 0. The zero-order chi connectivity index (χ0) is 19.1. The Balaban J connectivity index is 1.92. The average Bonchev–Trinajstić information content (AvgIpc) is 3.06. The summed E-state index contributed by atoms with van der Waals surface area (Å²) in [5, 5.41) is 0. The molecule has 28 heavy (non-hydrogen) atoms. The van der Waals surface area contributed by atoms with Gasteiger partial charge in [0, 0.05) is 11.8 Å². The first kappa shape index (κ1) is 16.9. The molecule has 2 heteroatoms. The molecule has 0 radical (unpaired) electrons. The predicted octanol–water partition coefficient (Wildman–Crippen LogP) is 5.74. The molecule has 0 saturated carbocycles. The Morgan fingerprint density at radius 1 is 1.00 bits per heavy atom. The van der Waals surface area contributed by atoms with Gasteiger partial charge in [-0.25, -0.2) is 0 Å². The maximum Gasteiger partial charge on any atom is 0.159 e. The third-order valence-corrected chi connectivity index (χ3v) is 6.00. The number of nitrogens with zero attached hydrogens (tertiary/aromatic N) is 1. The molecule has 0 fully saturated rings. The molecular formula is C26H21NO. The Hall–Kier alpha value is -3.26. The number of fused-ring (bicyclic) bond motifs is 2. The van der Waals surface area contributed by atoms with Crippen LogP contribution in [0.1, 0.15) is 52.5 Å². The number of carbonyl (C=O) groups is 1. The van der Waals surface area contributed by atoms with Gasteiger partial charge in [0.2, 0.25) is 0 Å². The van der Waals surface area contributed by atoms with Crippen LogP contribution < -0.4 is 0 Å². The molecular weight excluding hydrogens is 342 g/mol. The summed E-state index contributed by atoms with van der Waals surface area (Å²) in [5.41, 5.74) is 7.64. The number of rotatable bonds is 3. The number of carbonyl (C=O) groups excluding carboxylic acids is 1. The minimum atomic E-state index is -0.455. The van der Waals surface area contributed by atoms with E-state index >= 15 is 0 Å². The Morgan fingerprint density at radius 3 is 2.68 bits per heavy atom. The molecule has 1 heterocycles. The second kappa shape index (κ2) is 6.42. The van der Waals surface area contributed by atoms with Crippen LogP contribution in [0, 0.1) is 0 Å². The molecule has 0 aliphatic heterocycles. The Kier molecular flexibility index (Phi) is 3.87. The van der Waals surface area contributed by atoms with Gasteiger partial charge in [0.25, 0.3) is 0 Å². The van der Waals surface area contributed by atoms with E-state index in [1.807, 2.05) is 24.4 Å². The molecule has 1 atom stereocenters. The average molecular weight is 363 g/mol. The molecule has 0 bridgehead atoms. The van der Waals surface area contributed by atoms with Crippen LogP contribution in [0.2, 0.25) is 0 Å². The Labute approximate surface area is 165 Å². The highest BCUT2D eigenvalue weighted by Crippen LogP contribution is 2.56. The van der Waals surface area contributed by atoms with Gasteiger partial charge in [0.1, 0.15) is 0 Å². The van der Waals surface area contributed by atoms with Crippen molar-refractivity contribution >= 4 is 11.4 Å². The number of aromatic nitrogens is 1. The van der Waals surface area contributed by atoms with Crippen LogP contribution in [-0.4, -0.2) is 10.8 Å². The molecule has 0 spiro atoms. The highest BCUT2D eigenvalue weighted by atomic mass is 16.1. The summed E-state index contributed by atoms with van der Waals surface area (Å²) in [7, 11) is 0. The predicted molar refractivity (Wildman–Crippen MR) is 112 cm³/mol. The zero-order valence-corrected chi connectivity index (χ0v) is 15.9. The summed E-state index contributed by atoms with van der Waals surface area (Å²) in [6, 6.07) is 22.9. The third kappa shape index (κ3) is 2.27. The molecule has 1 unspecified atom stereocenters. The molecule has 5 rings (SSSR count). The lowest BCUT2D eigenvalue weighted by Crippen LogP contribution is -2.31. The van der Waals surface area contributed by atoms with Crippen molar-refractivity contribution in [3.8, 4) is 0 Å². The van der Waals surface area contributed by atoms with E-state index < -0.39 is 5.41 Å². The van der Waals surface area contributed by atoms with Crippen molar-refractivity contribution in [3.05, 3.63) is 119 Å². The van der Waals surface area contributed by atoms with E-state index in [1.165, 1.54) is 22.3 Å². The maximum absolute atomic E-state index is 12.1. The lowest BCUT2D eigenvalue weighted by atomic mass is 9.67. The van der Waals surface area contributed by atoms with Crippen LogP contribution in [0.3, 0.4) is 0 Å². The topological polar surface area (TPSA) is 30.0 Å². The smallest absolute Gasteiger partial charge is 0.159 e. The van der Waals surface area contributed by atoms with Crippen molar-refractivity contribution in [2.24, 2.45) is 0 Å². The van der Waals surface area contributed by atoms with Crippen LogP contribution in [0.25, 0.3) is 5.57 Å². The van der Waals surface area contributed by atoms with Crippen LogP contribution >= 0.6 is 0 Å². The van der Waals surface area contributed by atoms with Crippen LogP contribution in [0.15, 0.2) is 90.7 Å².